The SMILES string of the molecule is CNCCC1CCCCN1C(=O)CCn1cccn1. The summed E-state index contributed by atoms with van der Waals surface area (Å²) in [5, 5.41) is 7.31. The molecule has 1 aliphatic rings. The summed E-state index contributed by atoms with van der Waals surface area (Å²) in [4.78, 5) is 14.4. The number of nitrogens with one attached hydrogen (secondary N) is 1. The number of aromatic nitrogens is 2. The average Bonchev–Trinajstić information content (AvgIpc) is 2.96. The van der Waals surface area contributed by atoms with Crippen molar-refractivity contribution >= 4 is 5.91 Å². The number of likely N-dealkylation sites (tertiary alicyclic amines) is 1. The van der Waals surface area contributed by atoms with Crippen LogP contribution >= 0.6 is 0 Å². The van der Waals surface area contributed by atoms with Crippen LogP contribution in [0.1, 0.15) is 32.1 Å². The average molecular weight is 264 g/mol. The van der Waals surface area contributed by atoms with Gasteiger partial charge in [0.1, 0.15) is 0 Å². The van der Waals surface area contributed by atoms with Gasteiger partial charge in [-0.05, 0) is 45.3 Å². The number of hydrogen-bond acceptors (Lipinski definition) is 3. The van der Waals surface area contributed by atoms with Crippen LogP contribution in [0, 0.1) is 0 Å². The fourth-order valence-electron chi connectivity index (χ4n) is 2.73. The molecular formula is C14H24N4O. The molecule has 1 fully saturated rings. The van der Waals surface area contributed by atoms with E-state index in [1.807, 2.05) is 24.0 Å². The van der Waals surface area contributed by atoms with Crippen LogP contribution in [0.3, 0.4) is 0 Å². The largest absolute Gasteiger partial charge is 0.340 e. The van der Waals surface area contributed by atoms with Gasteiger partial charge in [-0.2, -0.15) is 5.10 Å². The van der Waals surface area contributed by atoms with E-state index in [2.05, 4.69) is 15.3 Å². The van der Waals surface area contributed by atoms with Gasteiger partial charge < -0.3 is 10.2 Å². The van der Waals surface area contributed by atoms with Crippen LogP contribution in [0.25, 0.3) is 0 Å². The number of nitrogens with zero attached hydrogens (tertiary/aromatic N) is 3. The molecule has 1 unspecified atom stereocenters. The summed E-state index contributed by atoms with van der Waals surface area (Å²) in [6.45, 7) is 2.58. The van der Waals surface area contributed by atoms with Crippen molar-refractivity contribution in [2.75, 3.05) is 20.1 Å². The fraction of sp³-hybridized carbons (Fsp3) is 0.714. The van der Waals surface area contributed by atoms with Gasteiger partial charge in [0.2, 0.25) is 5.91 Å². The van der Waals surface area contributed by atoms with E-state index in [0.29, 0.717) is 19.0 Å². The van der Waals surface area contributed by atoms with Crippen molar-refractivity contribution in [2.24, 2.45) is 0 Å². The molecule has 106 valence electrons. The highest BCUT2D eigenvalue weighted by atomic mass is 16.2. The van der Waals surface area contributed by atoms with Crippen molar-refractivity contribution in [1.82, 2.24) is 20.0 Å². The van der Waals surface area contributed by atoms with Gasteiger partial charge in [0, 0.05) is 37.9 Å². The Labute approximate surface area is 115 Å². The quantitative estimate of drug-likeness (QED) is 0.841. The van der Waals surface area contributed by atoms with E-state index in [1.165, 1.54) is 6.42 Å². The normalized spacial score (nSPS) is 19.6. The van der Waals surface area contributed by atoms with Crippen molar-refractivity contribution in [3.8, 4) is 0 Å². The summed E-state index contributed by atoms with van der Waals surface area (Å²) in [5.41, 5.74) is 0. The lowest BCUT2D eigenvalue weighted by atomic mass is 9.99. The summed E-state index contributed by atoms with van der Waals surface area (Å²) in [7, 11) is 1.96. The van der Waals surface area contributed by atoms with Crippen LogP contribution in [0.2, 0.25) is 0 Å². The Morgan fingerprint density at radius 1 is 1.47 bits per heavy atom. The molecule has 0 saturated carbocycles. The molecule has 1 atom stereocenters. The Balaban J connectivity index is 1.84. The van der Waals surface area contributed by atoms with Crippen molar-refractivity contribution in [3.63, 3.8) is 0 Å². The molecule has 2 heterocycles. The van der Waals surface area contributed by atoms with Crippen LogP contribution in [0.15, 0.2) is 18.5 Å². The molecule has 1 aliphatic heterocycles. The zero-order valence-corrected chi connectivity index (χ0v) is 11.7. The molecular weight excluding hydrogens is 240 g/mol. The summed E-state index contributed by atoms with van der Waals surface area (Å²) in [5.74, 6) is 0.274. The zero-order valence-electron chi connectivity index (χ0n) is 11.7. The molecule has 5 nitrogen and oxygen atoms in total. The third kappa shape index (κ3) is 4.06. The first kappa shape index (κ1) is 14.1. The molecule has 1 aromatic rings. The molecule has 5 heteroatoms. The Morgan fingerprint density at radius 3 is 3.11 bits per heavy atom. The van der Waals surface area contributed by atoms with Crippen molar-refractivity contribution < 1.29 is 4.79 Å². The minimum absolute atomic E-state index is 0.274. The molecule has 0 aliphatic carbocycles. The minimum Gasteiger partial charge on any atom is -0.340 e. The molecule has 1 N–H and O–H groups in total. The molecule has 1 saturated heterocycles. The number of rotatable bonds is 6. The lowest BCUT2D eigenvalue weighted by Gasteiger charge is -2.36. The number of piperidine rings is 1. The van der Waals surface area contributed by atoms with Gasteiger partial charge in [0.25, 0.3) is 0 Å². The maximum atomic E-state index is 12.3. The van der Waals surface area contributed by atoms with Crippen molar-refractivity contribution in [2.45, 2.75) is 44.7 Å². The first-order valence-corrected chi connectivity index (χ1v) is 7.23. The lowest BCUT2D eigenvalue weighted by Crippen LogP contribution is -2.45. The maximum absolute atomic E-state index is 12.3. The second-order valence-electron chi connectivity index (χ2n) is 5.15. The molecule has 1 aromatic heterocycles. The first-order valence-electron chi connectivity index (χ1n) is 7.23. The predicted molar refractivity (Wildman–Crippen MR) is 74.7 cm³/mol. The van der Waals surface area contributed by atoms with E-state index >= 15 is 0 Å². The second kappa shape index (κ2) is 7.28. The summed E-state index contributed by atoms with van der Waals surface area (Å²) >= 11 is 0. The fourth-order valence-corrected chi connectivity index (χ4v) is 2.73. The van der Waals surface area contributed by atoms with Gasteiger partial charge in [0.15, 0.2) is 0 Å². The minimum atomic E-state index is 0.274. The lowest BCUT2D eigenvalue weighted by molar-refractivity contribution is -0.135. The topological polar surface area (TPSA) is 50.2 Å². The van der Waals surface area contributed by atoms with Crippen LogP contribution < -0.4 is 5.32 Å². The highest BCUT2D eigenvalue weighted by molar-refractivity contribution is 5.76. The third-order valence-corrected chi connectivity index (χ3v) is 3.79. The number of amides is 1. The standard InChI is InChI=1S/C14H24N4O/c1-15-9-6-13-5-2-3-11-18(13)14(19)7-12-17-10-4-8-16-17/h4,8,10,13,15H,2-3,5-7,9,11-12H2,1H3. The molecule has 19 heavy (non-hydrogen) atoms. The van der Waals surface area contributed by atoms with E-state index in [9.17, 15) is 4.79 Å². The third-order valence-electron chi connectivity index (χ3n) is 3.79. The van der Waals surface area contributed by atoms with Gasteiger partial charge in [-0.25, -0.2) is 0 Å². The molecule has 0 spiro atoms. The van der Waals surface area contributed by atoms with Crippen molar-refractivity contribution in [3.05, 3.63) is 18.5 Å². The Morgan fingerprint density at radius 2 is 2.37 bits per heavy atom. The van der Waals surface area contributed by atoms with Crippen LogP contribution in [-0.4, -0.2) is 46.8 Å². The van der Waals surface area contributed by atoms with Gasteiger partial charge >= 0.3 is 0 Å². The van der Waals surface area contributed by atoms with Crippen LogP contribution in [-0.2, 0) is 11.3 Å². The molecule has 1 amide bonds. The Kier molecular flexibility index (Phi) is 5.39. The van der Waals surface area contributed by atoms with Crippen molar-refractivity contribution in [1.29, 1.82) is 0 Å². The second-order valence-corrected chi connectivity index (χ2v) is 5.15. The van der Waals surface area contributed by atoms with Crippen LogP contribution in [0.5, 0.6) is 0 Å². The van der Waals surface area contributed by atoms with E-state index in [-0.39, 0.29) is 5.91 Å². The summed E-state index contributed by atoms with van der Waals surface area (Å²) < 4.78 is 1.82. The maximum Gasteiger partial charge on any atom is 0.224 e. The highest BCUT2D eigenvalue weighted by Crippen LogP contribution is 2.20. The number of carbonyl (C=O) groups is 1. The van der Waals surface area contributed by atoms with E-state index in [4.69, 9.17) is 0 Å². The Bertz CT molecular complexity index is 377. The number of hydrogen-bond donors (Lipinski definition) is 1. The summed E-state index contributed by atoms with van der Waals surface area (Å²) in [6.07, 6.45) is 8.81. The van der Waals surface area contributed by atoms with Crippen LogP contribution in [0.4, 0.5) is 0 Å². The van der Waals surface area contributed by atoms with Gasteiger partial charge in [-0.3, -0.25) is 9.48 Å². The highest BCUT2D eigenvalue weighted by Gasteiger charge is 2.25. The molecule has 2 rings (SSSR count). The zero-order chi connectivity index (χ0) is 13.5. The van der Waals surface area contributed by atoms with E-state index in [1.54, 1.807) is 6.20 Å². The molecule has 0 radical (unpaired) electrons. The van der Waals surface area contributed by atoms with E-state index < -0.39 is 0 Å². The molecule has 0 aromatic carbocycles. The van der Waals surface area contributed by atoms with Gasteiger partial charge in [-0.15, -0.1) is 0 Å². The molecule has 0 bridgehead atoms. The van der Waals surface area contributed by atoms with E-state index in [0.717, 1.165) is 32.4 Å². The van der Waals surface area contributed by atoms with Gasteiger partial charge in [-0.1, -0.05) is 0 Å². The first-order chi connectivity index (χ1) is 9.31. The predicted octanol–water partition coefficient (Wildman–Crippen LogP) is 1.26. The number of aryl methyl sites for hydroxylation is 1. The smallest absolute Gasteiger partial charge is 0.224 e. The monoisotopic (exact) mass is 264 g/mol. The Hall–Kier alpha value is -1.36. The summed E-state index contributed by atoms with van der Waals surface area (Å²) in [6, 6.07) is 2.31. The van der Waals surface area contributed by atoms with Gasteiger partial charge in [0.05, 0.1) is 0 Å². The number of carbonyl (C=O) groups excluding carboxylic acids is 1.